The molecule has 0 aromatic heterocycles. The van der Waals surface area contributed by atoms with Crippen LogP contribution in [0.3, 0.4) is 0 Å². The summed E-state index contributed by atoms with van der Waals surface area (Å²) >= 11 is 0. The van der Waals surface area contributed by atoms with Crippen molar-refractivity contribution >= 4 is 0 Å². The first-order chi connectivity index (χ1) is 11.0. The molecule has 0 heterocycles. The highest BCUT2D eigenvalue weighted by Gasteiger charge is 2.16. The molecule has 0 atom stereocenters. The Morgan fingerprint density at radius 2 is 1.65 bits per heavy atom. The van der Waals surface area contributed by atoms with Gasteiger partial charge in [-0.15, -0.1) is 0 Å². The summed E-state index contributed by atoms with van der Waals surface area (Å²) in [5.74, 6) is 0.799. The molecule has 0 amide bonds. The van der Waals surface area contributed by atoms with Crippen LogP contribution in [0.2, 0.25) is 0 Å². The van der Waals surface area contributed by atoms with E-state index in [2.05, 4.69) is 39.0 Å². The molecule has 0 bridgehead atoms. The summed E-state index contributed by atoms with van der Waals surface area (Å²) in [7, 11) is 0. The van der Waals surface area contributed by atoms with Crippen molar-refractivity contribution in [2.75, 3.05) is 0 Å². The summed E-state index contributed by atoms with van der Waals surface area (Å²) in [5.41, 5.74) is 3.38. The van der Waals surface area contributed by atoms with E-state index in [1.807, 2.05) is 50.2 Å². The van der Waals surface area contributed by atoms with Crippen LogP contribution in [0.1, 0.15) is 51.3 Å². The fraction of sp³-hybridized carbons (Fsp3) is 0.381. The van der Waals surface area contributed by atoms with Crippen molar-refractivity contribution in [1.82, 2.24) is 0 Å². The van der Waals surface area contributed by atoms with E-state index in [1.165, 1.54) is 5.56 Å². The second-order valence-corrected chi connectivity index (χ2v) is 6.18. The summed E-state index contributed by atoms with van der Waals surface area (Å²) in [6.07, 6.45) is 0.369. The van der Waals surface area contributed by atoms with Crippen molar-refractivity contribution in [3.63, 3.8) is 0 Å². The van der Waals surface area contributed by atoms with Crippen LogP contribution >= 0.6 is 0 Å². The number of rotatable bonds is 4. The zero-order chi connectivity index (χ0) is 17.3. The Hall–Kier alpha value is -2.27. The molecule has 2 rings (SSSR count). The molecule has 0 radical (unpaired) electrons. The second-order valence-electron chi connectivity index (χ2n) is 6.18. The third-order valence-electron chi connectivity index (χ3n) is 3.43. The highest BCUT2D eigenvalue weighted by atomic mass is 16.5. The maximum atomic E-state index is 9.02. The SMILES string of the molecule is CC.CC(C)(C)c1ccc(OCc2ccccc2)c(CC#N)c1. The van der Waals surface area contributed by atoms with E-state index in [1.54, 1.807) is 0 Å². The highest BCUT2D eigenvalue weighted by Crippen LogP contribution is 2.28. The molecule has 0 aliphatic heterocycles. The molecule has 2 aromatic rings. The van der Waals surface area contributed by atoms with Gasteiger partial charge in [-0.05, 0) is 22.6 Å². The maximum Gasteiger partial charge on any atom is 0.124 e. The minimum Gasteiger partial charge on any atom is -0.489 e. The Morgan fingerprint density at radius 3 is 2.22 bits per heavy atom. The molecular formula is C21H27NO. The van der Waals surface area contributed by atoms with Crippen molar-refractivity contribution < 1.29 is 4.74 Å². The Morgan fingerprint density at radius 1 is 1.00 bits per heavy atom. The number of hydrogen-bond donors (Lipinski definition) is 0. The molecule has 0 spiro atoms. The fourth-order valence-electron chi connectivity index (χ4n) is 2.15. The smallest absolute Gasteiger partial charge is 0.124 e. The predicted molar refractivity (Wildman–Crippen MR) is 96.6 cm³/mol. The van der Waals surface area contributed by atoms with Crippen molar-refractivity contribution in [2.24, 2.45) is 0 Å². The van der Waals surface area contributed by atoms with Crippen molar-refractivity contribution in [2.45, 2.75) is 53.1 Å². The molecule has 2 aromatic carbocycles. The van der Waals surface area contributed by atoms with Gasteiger partial charge in [0.25, 0.3) is 0 Å². The van der Waals surface area contributed by atoms with Gasteiger partial charge in [0, 0.05) is 5.56 Å². The lowest BCUT2D eigenvalue weighted by molar-refractivity contribution is 0.303. The molecule has 23 heavy (non-hydrogen) atoms. The number of hydrogen-bond acceptors (Lipinski definition) is 2. The first-order valence-corrected chi connectivity index (χ1v) is 8.18. The van der Waals surface area contributed by atoms with Crippen LogP contribution < -0.4 is 4.74 Å². The van der Waals surface area contributed by atoms with Gasteiger partial charge in [0.2, 0.25) is 0 Å². The monoisotopic (exact) mass is 309 g/mol. The van der Waals surface area contributed by atoms with Gasteiger partial charge in [-0.1, -0.05) is 77.1 Å². The molecule has 0 aliphatic carbocycles. The lowest BCUT2D eigenvalue weighted by Crippen LogP contribution is -2.11. The molecule has 0 fully saturated rings. The van der Waals surface area contributed by atoms with Gasteiger partial charge < -0.3 is 4.74 Å². The summed E-state index contributed by atoms with van der Waals surface area (Å²) in [4.78, 5) is 0. The third kappa shape index (κ3) is 5.79. The van der Waals surface area contributed by atoms with Gasteiger partial charge in [-0.3, -0.25) is 0 Å². The minimum atomic E-state index is 0.0716. The highest BCUT2D eigenvalue weighted by molar-refractivity contribution is 5.41. The third-order valence-corrected chi connectivity index (χ3v) is 3.43. The number of nitrogens with zero attached hydrogens (tertiary/aromatic N) is 1. The number of benzene rings is 2. The van der Waals surface area contributed by atoms with Crippen LogP contribution in [0, 0.1) is 11.3 Å². The van der Waals surface area contributed by atoms with E-state index >= 15 is 0 Å². The molecule has 122 valence electrons. The zero-order valence-electron chi connectivity index (χ0n) is 14.9. The van der Waals surface area contributed by atoms with E-state index in [0.29, 0.717) is 13.0 Å². The molecule has 2 heteroatoms. The topological polar surface area (TPSA) is 33.0 Å². The Balaban J connectivity index is 0.00000127. The molecule has 0 N–H and O–H groups in total. The van der Waals surface area contributed by atoms with E-state index in [9.17, 15) is 0 Å². The molecular weight excluding hydrogens is 282 g/mol. The van der Waals surface area contributed by atoms with Crippen molar-refractivity contribution in [3.05, 3.63) is 65.2 Å². The largest absolute Gasteiger partial charge is 0.489 e. The van der Waals surface area contributed by atoms with E-state index in [0.717, 1.165) is 16.9 Å². The zero-order valence-corrected chi connectivity index (χ0v) is 14.9. The van der Waals surface area contributed by atoms with Crippen LogP contribution in [0.4, 0.5) is 0 Å². The van der Waals surface area contributed by atoms with Gasteiger partial charge in [0.1, 0.15) is 12.4 Å². The lowest BCUT2D eigenvalue weighted by atomic mass is 9.86. The van der Waals surface area contributed by atoms with E-state index < -0.39 is 0 Å². The minimum absolute atomic E-state index is 0.0716. The first kappa shape index (κ1) is 18.8. The lowest BCUT2D eigenvalue weighted by Gasteiger charge is -2.21. The molecule has 0 saturated carbocycles. The number of ether oxygens (including phenoxy) is 1. The Bertz CT molecular complexity index is 633. The van der Waals surface area contributed by atoms with E-state index in [-0.39, 0.29) is 5.41 Å². The van der Waals surface area contributed by atoms with Crippen LogP contribution in [-0.2, 0) is 18.4 Å². The van der Waals surface area contributed by atoms with Gasteiger partial charge in [0.05, 0.1) is 12.5 Å². The Kier molecular flexibility index (Phi) is 7.35. The second kappa shape index (κ2) is 9.00. The average molecular weight is 309 g/mol. The van der Waals surface area contributed by atoms with Gasteiger partial charge in [-0.2, -0.15) is 5.26 Å². The molecule has 0 saturated heterocycles. The van der Waals surface area contributed by atoms with Gasteiger partial charge >= 0.3 is 0 Å². The van der Waals surface area contributed by atoms with Gasteiger partial charge in [0.15, 0.2) is 0 Å². The molecule has 0 unspecified atom stereocenters. The van der Waals surface area contributed by atoms with E-state index in [4.69, 9.17) is 10.00 Å². The summed E-state index contributed by atoms with van der Waals surface area (Å²) < 4.78 is 5.89. The van der Waals surface area contributed by atoms with Crippen LogP contribution in [-0.4, -0.2) is 0 Å². The predicted octanol–water partition coefficient (Wildman–Crippen LogP) is 5.66. The normalized spacial score (nSPS) is 10.3. The van der Waals surface area contributed by atoms with Gasteiger partial charge in [-0.25, -0.2) is 0 Å². The molecule has 2 nitrogen and oxygen atoms in total. The maximum absolute atomic E-state index is 9.02. The van der Waals surface area contributed by atoms with Crippen molar-refractivity contribution in [3.8, 4) is 11.8 Å². The van der Waals surface area contributed by atoms with Crippen molar-refractivity contribution in [1.29, 1.82) is 5.26 Å². The fourth-order valence-corrected chi connectivity index (χ4v) is 2.15. The summed E-state index contributed by atoms with van der Waals surface area (Å²) in [6.45, 7) is 11.0. The number of nitriles is 1. The van der Waals surface area contributed by atoms with Crippen LogP contribution in [0.25, 0.3) is 0 Å². The summed E-state index contributed by atoms with van der Waals surface area (Å²) in [5, 5.41) is 9.02. The standard InChI is InChI=1S/C19H21NO.C2H6/c1-19(2,3)17-9-10-18(16(13-17)11-12-20)21-14-15-7-5-4-6-8-15;1-2/h4-10,13H,11,14H2,1-3H3;1-2H3. The van der Waals surface area contributed by atoms with Crippen LogP contribution in [0.15, 0.2) is 48.5 Å². The quantitative estimate of drug-likeness (QED) is 0.730. The van der Waals surface area contributed by atoms with Crippen LogP contribution in [0.5, 0.6) is 5.75 Å². The average Bonchev–Trinajstić information content (AvgIpc) is 2.56. The summed E-state index contributed by atoms with van der Waals surface area (Å²) in [6, 6.07) is 18.4. The first-order valence-electron chi connectivity index (χ1n) is 8.18. The Labute approximate surface area is 140 Å². The molecule has 0 aliphatic rings.